The smallest absolute Gasteiger partial charge is 0.271 e. The highest BCUT2D eigenvalue weighted by atomic mass is 32.1. The zero-order chi connectivity index (χ0) is 34.9. The van der Waals surface area contributed by atoms with Crippen LogP contribution in [0, 0.1) is 5.82 Å². The maximum absolute atomic E-state index is 14.5. The molecule has 1 aliphatic heterocycles. The fraction of sp³-hybridized carbons (Fsp3) is 0.154. The molecule has 252 valence electrons. The van der Waals surface area contributed by atoms with Crippen LogP contribution in [0.15, 0.2) is 118 Å². The van der Waals surface area contributed by atoms with Crippen molar-refractivity contribution in [1.29, 1.82) is 0 Å². The molecule has 0 unspecified atom stereocenters. The summed E-state index contributed by atoms with van der Waals surface area (Å²) in [6, 6.07) is 26.1. The molecule has 1 N–H and O–H groups in total. The van der Waals surface area contributed by atoms with E-state index in [4.69, 9.17) is 19.2 Å². The van der Waals surface area contributed by atoms with Crippen molar-refractivity contribution >= 4 is 39.9 Å². The molecule has 0 saturated carbocycles. The molecule has 6 aromatic rings. The van der Waals surface area contributed by atoms with Crippen molar-refractivity contribution in [2.45, 2.75) is 19.5 Å². The molecule has 1 atom stereocenters. The van der Waals surface area contributed by atoms with Gasteiger partial charge in [0.25, 0.3) is 11.5 Å². The van der Waals surface area contributed by atoms with Gasteiger partial charge in [0.2, 0.25) is 5.75 Å². The molecule has 2 aromatic heterocycles. The Morgan fingerprint density at radius 2 is 1.62 bits per heavy atom. The minimum atomic E-state index is -0.870. The van der Waals surface area contributed by atoms with Crippen LogP contribution in [-0.4, -0.2) is 36.4 Å². The van der Waals surface area contributed by atoms with E-state index in [1.54, 1.807) is 47.9 Å². The molecule has 0 radical (unpaired) electrons. The van der Waals surface area contributed by atoms with Gasteiger partial charge >= 0.3 is 0 Å². The van der Waals surface area contributed by atoms with Gasteiger partial charge in [0.1, 0.15) is 5.82 Å². The summed E-state index contributed by atoms with van der Waals surface area (Å²) in [7, 11) is 4.55. The molecule has 1 amide bonds. The highest BCUT2D eigenvalue weighted by Crippen LogP contribution is 2.42. The van der Waals surface area contributed by atoms with Crippen LogP contribution in [-0.2, 0) is 11.3 Å². The van der Waals surface area contributed by atoms with Gasteiger partial charge in [-0.05, 0) is 66.6 Å². The van der Waals surface area contributed by atoms with Crippen LogP contribution in [0.2, 0.25) is 0 Å². The molecule has 3 heterocycles. The Kier molecular flexibility index (Phi) is 8.82. The SMILES string of the molecule is COc1cc([C@H]2C(C(=O)Nc3ccccc3)=C(C)N=c3s/c(=C\c4cn(Cc5ccc(F)cc5)c5ccccc45)c(=O)n32)cc(OC)c1OC. The van der Waals surface area contributed by atoms with Crippen LogP contribution in [0.3, 0.4) is 0 Å². The number of nitrogens with one attached hydrogen (secondary N) is 1. The number of hydrogen-bond donors (Lipinski definition) is 1. The standard InChI is InChI=1S/C39H33FN4O5S/c1-23-34(37(45)42-28-10-6-5-7-11-28)35(25-18-31(47-2)36(49-4)32(19-25)48-3)44-38(46)33(50-39(44)41-23)20-26-22-43(30-13-9-8-12-29(26)30)21-24-14-16-27(40)17-15-24/h5-20,22,35H,21H2,1-4H3,(H,42,45)/b33-20-/t35-/m0/s1. The van der Waals surface area contributed by atoms with E-state index in [0.29, 0.717) is 55.6 Å². The van der Waals surface area contributed by atoms with Crippen LogP contribution in [0.4, 0.5) is 10.1 Å². The zero-order valence-electron chi connectivity index (χ0n) is 27.8. The Morgan fingerprint density at radius 3 is 2.30 bits per heavy atom. The van der Waals surface area contributed by atoms with Gasteiger partial charge in [-0.2, -0.15) is 0 Å². The molecule has 0 saturated heterocycles. The van der Waals surface area contributed by atoms with Crippen LogP contribution < -0.4 is 34.4 Å². The number of methoxy groups -OCH3 is 3. The zero-order valence-corrected chi connectivity index (χ0v) is 28.6. The summed E-state index contributed by atoms with van der Waals surface area (Å²) in [4.78, 5) is 33.8. The van der Waals surface area contributed by atoms with E-state index in [2.05, 4.69) is 9.88 Å². The number of halogens is 1. The number of ether oxygens (including phenoxy) is 3. The number of carbonyl (C=O) groups excluding carboxylic acids is 1. The first kappa shape index (κ1) is 32.6. The van der Waals surface area contributed by atoms with E-state index < -0.39 is 11.9 Å². The number of allylic oxidation sites excluding steroid dienone is 1. The maximum atomic E-state index is 14.5. The molecule has 9 nitrogen and oxygen atoms in total. The van der Waals surface area contributed by atoms with Gasteiger partial charge in [-0.1, -0.05) is 59.9 Å². The third-order valence-electron chi connectivity index (χ3n) is 8.67. The lowest BCUT2D eigenvalue weighted by Crippen LogP contribution is -2.40. The Bertz CT molecular complexity index is 2440. The van der Waals surface area contributed by atoms with Crippen molar-refractivity contribution < 1.29 is 23.4 Å². The third-order valence-corrected chi connectivity index (χ3v) is 9.66. The lowest BCUT2D eigenvalue weighted by atomic mass is 9.94. The fourth-order valence-electron chi connectivity index (χ4n) is 6.36. The number of para-hydroxylation sites is 2. The number of anilines is 1. The second kappa shape index (κ2) is 13.5. The van der Waals surface area contributed by atoms with E-state index in [9.17, 15) is 14.0 Å². The van der Waals surface area contributed by atoms with E-state index in [1.807, 2.05) is 54.7 Å². The van der Waals surface area contributed by atoms with Crippen molar-refractivity contribution in [3.8, 4) is 17.2 Å². The maximum Gasteiger partial charge on any atom is 0.271 e. The van der Waals surface area contributed by atoms with Crippen molar-refractivity contribution in [3.63, 3.8) is 0 Å². The lowest BCUT2D eigenvalue weighted by Gasteiger charge is -2.26. The van der Waals surface area contributed by atoms with Gasteiger partial charge in [0.15, 0.2) is 16.3 Å². The Labute approximate surface area is 290 Å². The van der Waals surface area contributed by atoms with Crippen LogP contribution in [0.25, 0.3) is 17.0 Å². The van der Waals surface area contributed by atoms with Gasteiger partial charge in [-0.25, -0.2) is 9.38 Å². The predicted octanol–water partition coefficient (Wildman–Crippen LogP) is 6.04. The topological polar surface area (TPSA) is 96.1 Å². The molecule has 0 fully saturated rings. The van der Waals surface area contributed by atoms with Gasteiger partial charge < -0.3 is 24.1 Å². The summed E-state index contributed by atoms with van der Waals surface area (Å²) in [5.74, 6) is 0.474. The molecule has 4 aromatic carbocycles. The first-order valence-electron chi connectivity index (χ1n) is 15.8. The summed E-state index contributed by atoms with van der Waals surface area (Å²) in [5.41, 5.74) is 4.42. The van der Waals surface area contributed by atoms with Crippen LogP contribution >= 0.6 is 11.3 Å². The first-order chi connectivity index (χ1) is 24.3. The number of hydrogen-bond acceptors (Lipinski definition) is 7. The summed E-state index contributed by atoms with van der Waals surface area (Å²) in [6.45, 7) is 2.29. The van der Waals surface area contributed by atoms with Gasteiger partial charge in [0, 0.05) is 34.9 Å². The first-order valence-corrected chi connectivity index (χ1v) is 16.6. The number of thiazole rings is 1. The molecular weight excluding hydrogens is 656 g/mol. The van der Waals surface area contributed by atoms with Gasteiger partial charge in [-0.15, -0.1) is 0 Å². The van der Waals surface area contributed by atoms with Crippen molar-refractivity contribution in [2.24, 2.45) is 4.99 Å². The molecular formula is C39H33FN4O5S. The molecule has 11 heteroatoms. The van der Waals surface area contributed by atoms with Crippen LogP contribution in [0.1, 0.15) is 29.7 Å². The quantitative estimate of drug-likeness (QED) is 0.200. The Balaban J connectivity index is 1.40. The summed E-state index contributed by atoms with van der Waals surface area (Å²) >= 11 is 1.25. The van der Waals surface area contributed by atoms with Crippen molar-refractivity contribution in [3.05, 3.63) is 151 Å². The van der Waals surface area contributed by atoms with Crippen LogP contribution in [0.5, 0.6) is 17.2 Å². The summed E-state index contributed by atoms with van der Waals surface area (Å²) < 4.78 is 34.6. The fourth-order valence-corrected chi connectivity index (χ4v) is 7.39. The number of aromatic nitrogens is 2. The minimum absolute atomic E-state index is 0.289. The van der Waals surface area contributed by atoms with E-state index in [0.717, 1.165) is 22.0 Å². The Hall–Kier alpha value is -5.94. The Morgan fingerprint density at radius 1 is 0.940 bits per heavy atom. The lowest BCUT2D eigenvalue weighted by molar-refractivity contribution is -0.113. The third kappa shape index (κ3) is 5.96. The van der Waals surface area contributed by atoms with Crippen molar-refractivity contribution in [2.75, 3.05) is 26.6 Å². The number of rotatable bonds is 9. The van der Waals surface area contributed by atoms with E-state index >= 15 is 0 Å². The van der Waals surface area contributed by atoms with Crippen molar-refractivity contribution in [1.82, 2.24) is 9.13 Å². The highest BCUT2D eigenvalue weighted by Gasteiger charge is 2.34. The second-order valence-corrected chi connectivity index (χ2v) is 12.7. The number of fused-ring (bicyclic) bond motifs is 2. The largest absolute Gasteiger partial charge is 0.493 e. The second-order valence-electron chi connectivity index (χ2n) is 11.7. The predicted molar refractivity (Wildman–Crippen MR) is 192 cm³/mol. The normalized spacial score (nSPS) is 14.3. The van der Waals surface area contributed by atoms with E-state index in [-0.39, 0.29) is 11.4 Å². The average molecular weight is 689 g/mol. The molecule has 1 aliphatic rings. The number of amides is 1. The molecule has 0 aliphatic carbocycles. The molecule has 50 heavy (non-hydrogen) atoms. The monoisotopic (exact) mass is 688 g/mol. The molecule has 0 spiro atoms. The summed E-state index contributed by atoms with van der Waals surface area (Å²) in [6.07, 6.45) is 3.86. The number of carbonyl (C=O) groups is 1. The highest BCUT2D eigenvalue weighted by molar-refractivity contribution is 7.07. The summed E-state index contributed by atoms with van der Waals surface area (Å²) in [5, 5.41) is 3.94. The minimum Gasteiger partial charge on any atom is -0.493 e. The van der Waals surface area contributed by atoms with E-state index in [1.165, 1.54) is 44.8 Å². The number of nitrogens with zero attached hydrogens (tertiary/aromatic N) is 3. The van der Waals surface area contributed by atoms with Gasteiger partial charge in [0.05, 0.1) is 43.2 Å². The average Bonchev–Trinajstić information content (AvgIpc) is 3.63. The molecule has 0 bridgehead atoms. The molecule has 7 rings (SSSR count). The van der Waals surface area contributed by atoms with Gasteiger partial charge in [-0.3, -0.25) is 14.2 Å². The number of benzene rings is 4.